The molecule has 0 heterocycles. The maximum Gasteiger partial charge on any atom is 0.255 e. The molecule has 2 N–H and O–H groups in total. The number of benzene rings is 3. The Morgan fingerprint density at radius 1 is 1.00 bits per heavy atom. The molecule has 1 amide bonds. The van der Waals surface area contributed by atoms with Crippen LogP contribution in [0.3, 0.4) is 0 Å². The predicted molar refractivity (Wildman–Crippen MR) is 112 cm³/mol. The van der Waals surface area contributed by atoms with Crippen LogP contribution in [0.25, 0.3) is 0 Å². The van der Waals surface area contributed by atoms with Crippen molar-refractivity contribution >= 4 is 11.6 Å². The van der Waals surface area contributed by atoms with Crippen molar-refractivity contribution in [3.63, 3.8) is 0 Å². The number of carbonyl (C=O) groups is 1. The Balaban J connectivity index is 1.68. The maximum atomic E-state index is 12.5. The van der Waals surface area contributed by atoms with Crippen molar-refractivity contribution in [1.82, 2.24) is 0 Å². The number of anilines is 1. The summed E-state index contributed by atoms with van der Waals surface area (Å²) >= 11 is 0. The Morgan fingerprint density at radius 2 is 1.66 bits per heavy atom. The van der Waals surface area contributed by atoms with E-state index in [0.717, 1.165) is 11.1 Å². The summed E-state index contributed by atoms with van der Waals surface area (Å²) in [5.74, 6) is 0.332. The van der Waals surface area contributed by atoms with Crippen LogP contribution >= 0.6 is 0 Å². The number of aliphatic hydroxyl groups is 1. The number of nitrogens with zero attached hydrogens (tertiary/aromatic N) is 1. The Kier molecular flexibility index (Phi) is 6.28. The van der Waals surface area contributed by atoms with Crippen LogP contribution in [0.15, 0.2) is 72.8 Å². The fourth-order valence-corrected chi connectivity index (χ4v) is 2.86. The highest BCUT2D eigenvalue weighted by atomic mass is 16.5. The first-order valence-electron chi connectivity index (χ1n) is 9.32. The van der Waals surface area contributed by atoms with E-state index >= 15 is 0 Å². The van der Waals surface area contributed by atoms with E-state index in [4.69, 9.17) is 10.00 Å². The number of nitriles is 1. The molecular weight excluding hydrogens is 364 g/mol. The van der Waals surface area contributed by atoms with Crippen molar-refractivity contribution in [2.45, 2.75) is 26.1 Å². The van der Waals surface area contributed by atoms with E-state index in [2.05, 4.69) is 5.32 Å². The van der Waals surface area contributed by atoms with Gasteiger partial charge in [0.1, 0.15) is 11.9 Å². The highest BCUT2D eigenvalue weighted by Crippen LogP contribution is 2.24. The topological polar surface area (TPSA) is 82.3 Å². The third kappa shape index (κ3) is 5.22. The van der Waals surface area contributed by atoms with Crippen LogP contribution in [-0.2, 0) is 0 Å². The summed E-state index contributed by atoms with van der Waals surface area (Å²) in [6, 6.07) is 23.3. The zero-order chi connectivity index (χ0) is 20.8. The molecule has 2 atom stereocenters. The number of ether oxygens (including phenoxy) is 1. The minimum absolute atomic E-state index is 0.213. The van der Waals surface area contributed by atoms with Crippen molar-refractivity contribution in [1.29, 1.82) is 5.26 Å². The SMILES string of the molecule is CC(O)c1ccc([C@@H](C)Oc2cccc(C(=O)Nc3ccc(C#N)cc3)c2)cc1. The zero-order valence-electron chi connectivity index (χ0n) is 16.3. The van der Waals surface area contributed by atoms with Gasteiger partial charge in [-0.25, -0.2) is 0 Å². The Hall–Kier alpha value is -3.62. The van der Waals surface area contributed by atoms with Gasteiger partial charge in [0.25, 0.3) is 5.91 Å². The number of nitrogens with one attached hydrogen (secondary N) is 1. The molecule has 0 aliphatic heterocycles. The molecule has 0 aliphatic rings. The predicted octanol–water partition coefficient (Wildman–Crippen LogP) is 5.00. The molecule has 0 saturated heterocycles. The quantitative estimate of drug-likeness (QED) is 0.624. The number of rotatable bonds is 6. The smallest absolute Gasteiger partial charge is 0.255 e. The molecule has 0 fully saturated rings. The van der Waals surface area contributed by atoms with Crippen LogP contribution in [0.4, 0.5) is 5.69 Å². The lowest BCUT2D eigenvalue weighted by Crippen LogP contribution is -2.12. The summed E-state index contributed by atoms with van der Waals surface area (Å²) in [5, 5.41) is 21.3. The molecule has 0 aromatic heterocycles. The second-order valence-corrected chi connectivity index (χ2v) is 6.77. The normalized spacial score (nSPS) is 12.5. The third-order valence-corrected chi connectivity index (χ3v) is 4.57. The Bertz CT molecular complexity index is 1020. The van der Waals surface area contributed by atoms with Gasteiger partial charge in [-0.3, -0.25) is 4.79 Å². The van der Waals surface area contributed by atoms with Gasteiger partial charge in [-0.15, -0.1) is 0 Å². The number of hydrogen-bond acceptors (Lipinski definition) is 4. The lowest BCUT2D eigenvalue weighted by molar-refractivity contribution is 0.102. The lowest BCUT2D eigenvalue weighted by atomic mass is 10.1. The van der Waals surface area contributed by atoms with Crippen LogP contribution in [0.2, 0.25) is 0 Å². The van der Waals surface area contributed by atoms with Crippen molar-refractivity contribution in [2.75, 3.05) is 5.32 Å². The first kappa shape index (κ1) is 20.1. The molecule has 3 rings (SSSR count). The average molecular weight is 386 g/mol. The molecule has 146 valence electrons. The third-order valence-electron chi connectivity index (χ3n) is 4.57. The average Bonchev–Trinajstić information content (AvgIpc) is 2.74. The van der Waals surface area contributed by atoms with Crippen molar-refractivity contribution < 1.29 is 14.6 Å². The summed E-state index contributed by atoms with van der Waals surface area (Å²) in [4.78, 5) is 12.5. The van der Waals surface area contributed by atoms with E-state index in [1.54, 1.807) is 55.5 Å². The van der Waals surface area contributed by atoms with E-state index in [9.17, 15) is 9.90 Å². The van der Waals surface area contributed by atoms with Crippen LogP contribution in [0.5, 0.6) is 5.75 Å². The van der Waals surface area contributed by atoms with E-state index in [-0.39, 0.29) is 12.0 Å². The van der Waals surface area contributed by atoms with Gasteiger partial charge in [0.05, 0.1) is 17.7 Å². The molecule has 0 radical (unpaired) electrons. The van der Waals surface area contributed by atoms with Gasteiger partial charge in [0.15, 0.2) is 0 Å². The Labute approximate surface area is 170 Å². The standard InChI is InChI=1S/C24H22N2O3/c1-16(27)19-8-10-20(11-9-19)17(2)29-23-5-3-4-21(14-23)24(28)26-22-12-6-18(15-25)7-13-22/h3-14,16-17,27H,1-2H3,(H,26,28)/t16?,17-/m1/s1. The summed E-state index contributed by atoms with van der Waals surface area (Å²) in [6.45, 7) is 3.66. The molecule has 3 aromatic carbocycles. The molecule has 1 unspecified atom stereocenters. The molecule has 0 bridgehead atoms. The minimum atomic E-state index is -0.508. The molecular formula is C24H22N2O3. The van der Waals surface area contributed by atoms with Crippen molar-refractivity contribution in [2.24, 2.45) is 0 Å². The summed E-state index contributed by atoms with van der Waals surface area (Å²) in [6.07, 6.45) is -0.721. The molecule has 3 aromatic rings. The first-order valence-corrected chi connectivity index (χ1v) is 9.32. The fraction of sp³-hybridized carbons (Fsp3) is 0.167. The van der Waals surface area contributed by atoms with Gasteiger partial charge in [-0.2, -0.15) is 5.26 Å². The number of carbonyl (C=O) groups excluding carboxylic acids is 1. The van der Waals surface area contributed by atoms with Gasteiger partial charge in [-0.1, -0.05) is 30.3 Å². The second kappa shape index (κ2) is 9.05. The molecule has 0 aliphatic carbocycles. The second-order valence-electron chi connectivity index (χ2n) is 6.77. The molecule has 5 heteroatoms. The fourth-order valence-electron chi connectivity index (χ4n) is 2.86. The van der Waals surface area contributed by atoms with Crippen molar-refractivity contribution in [3.8, 4) is 11.8 Å². The summed E-state index contributed by atoms with van der Waals surface area (Å²) in [5.41, 5.74) is 3.45. The summed E-state index contributed by atoms with van der Waals surface area (Å²) < 4.78 is 5.99. The van der Waals surface area contributed by atoms with Crippen LogP contribution in [0, 0.1) is 11.3 Å². The first-order chi connectivity index (χ1) is 14.0. The highest BCUT2D eigenvalue weighted by molar-refractivity contribution is 6.04. The molecule has 29 heavy (non-hydrogen) atoms. The zero-order valence-corrected chi connectivity index (χ0v) is 16.3. The molecule has 0 saturated carbocycles. The number of hydrogen-bond donors (Lipinski definition) is 2. The number of aliphatic hydroxyl groups excluding tert-OH is 1. The molecule has 0 spiro atoms. The Morgan fingerprint density at radius 3 is 2.28 bits per heavy atom. The van der Waals surface area contributed by atoms with E-state index in [0.29, 0.717) is 22.6 Å². The number of amides is 1. The van der Waals surface area contributed by atoms with Crippen LogP contribution in [0.1, 0.15) is 53.1 Å². The minimum Gasteiger partial charge on any atom is -0.486 e. The maximum absolute atomic E-state index is 12.5. The largest absolute Gasteiger partial charge is 0.486 e. The summed E-state index contributed by atoms with van der Waals surface area (Å²) in [7, 11) is 0. The highest BCUT2D eigenvalue weighted by Gasteiger charge is 2.11. The van der Waals surface area contributed by atoms with E-state index in [1.165, 1.54) is 0 Å². The monoisotopic (exact) mass is 386 g/mol. The van der Waals surface area contributed by atoms with Gasteiger partial charge in [-0.05, 0) is 67.4 Å². The molecule has 5 nitrogen and oxygen atoms in total. The van der Waals surface area contributed by atoms with Crippen molar-refractivity contribution in [3.05, 3.63) is 95.1 Å². The van der Waals surface area contributed by atoms with Gasteiger partial charge < -0.3 is 15.2 Å². The van der Waals surface area contributed by atoms with Gasteiger partial charge in [0.2, 0.25) is 0 Å². The van der Waals surface area contributed by atoms with E-state index < -0.39 is 6.10 Å². The lowest BCUT2D eigenvalue weighted by Gasteiger charge is -2.16. The van der Waals surface area contributed by atoms with Crippen LogP contribution < -0.4 is 10.1 Å². The van der Waals surface area contributed by atoms with Crippen LogP contribution in [-0.4, -0.2) is 11.0 Å². The van der Waals surface area contributed by atoms with Gasteiger partial charge in [0, 0.05) is 11.3 Å². The van der Waals surface area contributed by atoms with Gasteiger partial charge >= 0.3 is 0 Å². The van der Waals surface area contributed by atoms with E-state index in [1.807, 2.05) is 37.3 Å².